The van der Waals surface area contributed by atoms with E-state index < -0.39 is 11.1 Å². The van der Waals surface area contributed by atoms with E-state index in [4.69, 9.17) is 0 Å². The van der Waals surface area contributed by atoms with Gasteiger partial charge >= 0.3 is 11.1 Å². The van der Waals surface area contributed by atoms with E-state index in [9.17, 15) is 14.4 Å². The van der Waals surface area contributed by atoms with Crippen LogP contribution in [0.2, 0.25) is 0 Å². The lowest BCUT2D eigenvalue weighted by atomic mass is 10.1. The molecule has 6 nitrogen and oxygen atoms in total. The largest absolute Gasteiger partial charge is 0.352 e. The lowest BCUT2D eigenvalue weighted by Crippen LogP contribution is -2.41. The highest BCUT2D eigenvalue weighted by molar-refractivity contribution is 5.94. The number of hydrogen-bond acceptors (Lipinski definition) is 3. The molecule has 1 amide bonds. The number of unbranched alkanes of at least 4 members (excludes halogenated alkanes) is 1. The van der Waals surface area contributed by atoms with Gasteiger partial charge in [0.1, 0.15) is 0 Å². The Morgan fingerprint density at radius 2 is 1.50 bits per heavy atom. The van der Waals surface area contributed by atoms with Gasteiger partial charge in [0.2, 0.25) is 0 Å². The Bertz CT molecular complexity index is 1090. The summed E-state index contributed by atoms with van der Waals surface area (Å²) in [5.41, 5.74) is 1.83. The number of para-hydroxylation sites is 2. The topological polar surface area (TPSA) is 73.1 Å². The van der Waals surface area contributed by atoms with Crippen molar-refractivity contribution in [2.24, 2.45) is 0 Å². The van der Waals surface area contributed by atoms with Crippen molar-refractivity contribution >= 4 is 16.9 Å². The van der Waals surface area contributed by atoms with Crippen molar-refractivity contribution in [3.05, 3.63) is 80.4 Å². The Labute approximate surface area is 163 Å². The first-order chi connectivity index (χ1) is 13.6. The fourth-order valence-corrected chi connectivity index (χ4v) is 3.27. The van der Waals surface area contributed by atoms with E-state index in [2.05, 4.69) is 12.2 Å². The molecule has 1 aromatic heterocycles. The molecule has 0 bridgehead atoms. The number of fused-ring (bicyclic) bond motifs is 1. The zero-order chi connectivity index (χ0) is 20.1. The molecule has 146 valence electrons. The first-order valence-electron chi connectivity index (χ1n) is 9.66. The molecule has 0 aliphatic rings. The van der Waals surface area contributed by atoms with Crippen LogP contribution in [0.15, 0.2) is 58.1 Å². The molecule has 28 heavy (non-hydrogen) atoms. The van der Waals surface area contributed by atoms with Gasteiger partial charge in [0.05, 0.1) is 17.6 Å². The second kappa shape index (κ2) is 8.69. The number of benzene rings is 2. The number of aromatic nitrogens is 2. The molecule has 0 spiro atoms. The summed E-state index contributed by atoms with van der Waals surface area (Å²) in [6.45, 7) is 5.30. The molecule has 1 heterocycles. The third kappa shape index (κ3) is 3.91. The standard InChI is InChI=1S/C22H25N3O3/c1-3-5-14-23-20(26)17-12-10-16(11-13-17)15-25-19-9-7-6-8-18(19)24(4-2)21(27)22(25)28/h6-13H,3-5,14-15H2,1-2H3,(H,23,26). The predicted molar refractivity (Wildman–Crippen MR) is 111 cm³/mol. The van der Waals surface area contributed by atoms with Gasteiger partial charge in [-0.1, -0.05) is 37.6 Å². The van der Waals surface area contributed by atoms with E-state index in [1.807, 2.05) is 43.3 Å². The molecule has 0 unspecified atom stereocenters. The Balaban J connectivity index is 1.91. The molecule has 3 rings (SSSR count). The smallest absolute Gasteiger partial charge is 0.317 e. The Kier molecular flexibility index (Phi) is 6.09. The Morgan fingerprint density at radius 1 is 0.893 bits per heavy atom. The van der Waals surface area contributed by atoms with Crippen molar-refractivity contribution in [3.8, 4) is 0 Å². The van der Waals surface area contributed by atoms with E-state index >= 15 is 0 Å². The quantitative estimate of drug-likeness (QED) is 0.507. The van der Waals surface area contributed by atoms with E-state index in [0.717, 1.165) is 29.4 Å². The SMILES string of the molecule is CCCCNC(=O)c1ccc(Cn2c(=O)c(=O)n(CC)c3ccccc32)cc1. The Morgan fingerprint density at radius 3 is 2.11 bits per heavy atom. The van der Waals surface area contributed by atoms with Gasteiger partial charge in [-0.15, -0.1) is 0 Å². The molecule has 0 saturated carbocycles. The second-order valence-corrected chi connectivity index (χ2v) is 6.74. The maximum Gasteiger partial charge on any atom is 0.317 e. The van der Waals surface area contributed by atoms with Crippen LogP contribution in [-0.2, 0) is 13.1 Å². The average molecular weight is 379 g/mol. The zero-order valence-corrected chi connectivity index (χ0v) is 16.3. The van der Waals surface area contributed by atoms with E-state index in [-0.39, 0.29) is 12.5 Å². The number of hydrogen-bond donors (Lipinski definition) is 1. The maximum atomic E-state index is 12.7. The molecule has 0 atom stereocenters. The summed E-state index contributed by atoms with van der Waals surface area (Å²) < 4.78 is 3.00. The minimum absolute atomic E-state index is 0.104. The molecular formula is C22H25N3O3. The number of carbonyl (C=O) groups excluding carboxylic acids is 1. The minimum atomic E-state index is -0.540. The summed E-state index contributed by atoms with van der Waals surface area (Å²) in [6.07, 6.45) is 1.97. The van der Waals surface area contributed by atoms with Crippen LogP contribution in [0, 0.1) is 0 Å². The fraction of sp³-hybridized carbons (Fsp3) is 0.318. The average Bonchev–Trinajstić information content (AvgIpc) is 2.72. The van der Waals surface area contributed by atoms with Crippen molar-refractivity contribution < 1.29 is 4.79 Å². The van der Waals surface area contributed by atoms with Crippen molar-refractivity contribution in [2.75, 3.05) is 6.54 Å². The highest BCUT2D eigenvalue weighted by Crippen LogP contribution is 2.13. The van der Waals surface area contributed by atoms with Crippen LogP contribution in [0.1, 0.15) is 42.6 Å². The minimum Gasteiger partial charge on any atom is -0.352 e. The van der Waals surface area contributed by atoms with Crippen LogP contribution < -0.4 is 16.4 Å². The normalized spacial score (nSPS) is 10.9. The Hall–Kier alpha value is -3.15. The third-order valence-corrected chi connectivity index (χ3v) is 4.83. The zero-order valence-electron chi connectivity index (χ0n) is 16.3. The summed E-state index contributed by atoms with van der Waals surface area (Å²) in [5.74, 6) is -0.104. The fourth-order valence-electron chi connectivity index (χ4n) is 3.27. The summed E-state index contributed by atoms with van der Waals surface area (Å²) in [5, 5.41) is 2.88. The molecule has 0 saturated heterocycles. The van der Waals surface area contributed by atoms with Crippen LogP contribution in [0.5, 0.6) is 0 Å². The highest BCUT2D eigenvalue weighted by Gasteiger charge is 2.12. The monoisotopic (exact) mass is 379 g/mol. The molecule has 3 aromatic rings. The molecule has 0 fully saturated rings. The van der Waals surface area contributed by atoms with Gasteiger partial charge in [0.25, 0.3) is 5.91 Å². The molecule has 0 aliphatic carbocycles. The number of rotatable bonds is 7. The van der Waals surface area contributed by atoms with Gasteiger partial charge in [-0.3, -0.25) is 19.0 Å². The van der Waals surface area contributed by atoms with E-state index in [1.165, 1.54) is 9.13 Å². The second-order valence-electron chi connectivity index (χ2n) is 6.74. The van der Waals surface area contributed by atoms with Gasteiger partial charge in [-0.25, -0.2) is 0 Å². The summed E-state index contributed by atoms with van der Waals surface area (Å²) in [6, 6.07) is 14.5. The van der Waals surface area contributed by atoms with Gasteiger partial charge in [-0.05, 0) is 43.2 Å². The van der Waals surface area contributed by atoms with Gasteiger partial charge < -0.3 is 9.88 Å². The summed E-state index contributed by atoms with van der Waals surface area (Å²) >= 11 is 0. The van der Waals surface area contributed by atoms with Gasteiger partial charge in [0.15, 0.2) is 0 Å². The number of amides is 1. The van der Waals surface area contributed by atoms with Crippen LogP contribution in [0.3, 0.4) is 0 Å². The molecule has 0 radical (unpaired) electrons. The molecule has 6 heteroatoms. The lowest BCUT2D eigenvalue weighted by Gasteiger charge is -2.14. The van der Waals surface area contributed by atoms with Gasteiger partial charge in [-0.2, -0.15) is 0 Å². The van der Waals surface area contributed by atoms with Crippen molar-refractivity contribution in [1.82, 2.24) is 14.5 Å². The van der Waals surface area contributed by atoms with Crippen LogP contribution in [0.25, 0.3) is 11.0 Å². The van der Waals surface area contributed by atoms with Crippen LogP contribution in [-0.4, -0.2) is 21.6 Å². The van der Waals surface area contributed by atoms with E-state index in [0.29, 0.717) is 18.7 Å². The first-order valence-corrected chi connectivity index (χ1v) is 9.66. The van der Waals surface area contributed by atoms with Crippen molar-refractivity contribution in [1.29, 1.82) is 0 Å². The third-order valence-electron chi connectivity index (χ3n) is 4.83. The lowest BCUT2D eigenvalue weighted by molar-refractivity contribution is 0.0953. The molecule has 1 N–H and O–H groups in total. The number of nitrogens with one attached hydrogen (secondary N) is 1. The summed E-state index contributed by atoms with van der Waals surface area (Å²) in [7, 11) is 0. The van der Waals surface area contributed by atoms with Crippen molar-refractivity contribution in [3.63, 3.8) is 0 Å². The van der Waals surface area contributed by atoms with Crippen molar-refractivity contribution in [2.45, 2.75) is 39.8 Å². The number of aryl methyl sites for hydroxylation is 1. The van der Waals surface area contributed by atoms with Gasteiger partial charge in [0, 0.05) is 18.7 Å². The van der Waals surface area contributed by atoms with E-state index in [1.54, 1.807) is 12.1 Å². The molecule has 0 aliphatic heterocycles. The highest BCUT2D eigenvalue weighted by atomic mass is 16.2. The predicted octanol–water partition coefficient (Wildman–Crippen LogP) is 2.76. The van der Waals surface area contributed by atoms with Crippen LogP contribution in [0.4, 0.5) is 0 Å². The number of nitrogens with zero attached hydrogens (tertiary/aromatic N) is 2. The molecular weight excluding hydrogens is 354 g/mol. The van der Waals surface area contributed by atoms with Crippen LogP contribution >= 0.6 is 0 Å². The maximum absolute atomic E-state index is 12.7. The first kappa shape index (κ1) is 19.6. The summed E-state index contributed by atoms with van der Waals surface area (Å²) in [4.78, 5) is 37.2. The number of carbonyl (C=O) groups is 1. The molecule has 2 aromatic carbocycles.